The molecule has 0 spiro atoms. The maximum atomic E-state index is 3.56. The molecular weight excluding hydrogens is 262 g/mol. The van der Waals surface area contributed by atoms with Crippen LogP contribution in [0.4, 0.5) is 0 Å². The van der Waals surface area contributed by atoms with Gasteiger partial charge in [0.25, 0.3) is 0 Å². The summed E-state index contributed by atoms with van der Waals surface area (Å²) >= 11 is 3.52. The highest BCUT2D eigenvalue weighted by molar-refractivity contribution is 9.10. The second-order valence-corrected chi connectivity index (χ2v) is 6.91. The van der Waals surface area contributed by atoms with Crippen molar-refractivity contribution in [2.75, 3.05) is 6.54 Å². The predicted octanol–water partition coefficient (Wildman–Crippen LogP) is 4.11. The number of nitrogens with one attached hydrogen (secondary N) is 1. The molecule has 16 heavy (non-hydrogen) atoms. The predicted molar refractivity (Wildman–Crippen MR) is 74.9 cm³/mol. The molecule has 0 aromatic heterocycles. The minimum atomic E-state index is 0.150. The molecule has 0 heterocycles. The molecule has 0 saturated carbocycles. The topological polar surface area (TPSA) is 12.0 Å². The van der Waals surface area contributed by atoms with E-state index in [1.807, 2.05) is 0 Å². The van der Waals surface area contributed by atoms with Gasteiger partial charge in [-0.05, 0) is 38.5 Å². The van der Waals surface area contributed by atoms with E-state index in [4.69, 9.17) is 0 Å². The molecule has 1 rings (SSSR count). The number of halogens is 1. The van der Waals surface area contributed by atoms with E-state index >= 15 is 0 Å². The first-order chi connectivity index (χ1) is 7.21. The van der Waals surface area contributed by atoms with E-state index in [2.05, 4.69) is 80.1 Å². The van der Waals surface area contributed by atoms with Crippen LogP contribution in [0.2, 0.25) is 0 Å². The number of hydrogen-bond donors (Lipinski definition) is 1. The summed E-state index contributed by atoms with van der Waals surface area (Å²) in [5.74, 6) is 0. The molecule has 1 aromatic rings. The molecule has 0 atom stereocenters. The Morgan fingerprint density at radius 1 is 1.12 bits per heavy atom. The highest BCUT2D eigenvalue weighted by Gasteiger charge is 2.22. The van der Waals surface area contributed by atoms with Crippen LogP contribution < -0.4 is 5.32 Å². The quantitative estimate of drug-likeness (QED) is 0.880. The van der Waals surface area contributed by atoms with Crippen molar-refractivity contribution in [3.63, 3.8) is 0 Å². The molecule has 0 aliphatic rings. The van der Waals surface area contributed by atoms with Crippen molar-refractivity contribution in [2.45, 2.75) is 45.6 Å². The van der Waals surface area contributed by atoms with Crippen LogP contribution in [-0.4, -0.2) is 12.1 Å². The van der Waals surface area contributed by atoms with Crippen molar-refractivity contribution in [3.05, 3.63) is 34.3 Å². The molecule has 0 unspecified atom stereocenters. The van der Waals surface area contributed by atoms with Crippen LogP contribution in [0, 0.1) is 0 Å². The van der Waals surface area contributed by atoms with Gasteiger partial charge in [0.15, 0.2) is 0 Å². The lowest BCUT2D eigenvalue weighted by Gasteiger charge is -2.31. The monoisotopic (exact) mass is 283 g/mol. The molecule has 90 valence electrons. The molecule has 0 bridgehead atoms. The zero-order chi connectivity index (χ0) is 12.4. The van der Waals surface area contributed by atoms with Gasteiger partial charge < -0.3 is 5.32 Å². The average Bonchev–Trinajstić information content (AvgIpc) is 2.14. The van der Waals surface area contributed by atoms with Crippen LogP contribution in [0.1, 0.15) is 40.2 Å². The highest BCUT2D eigenvalue weighted by atomic mass is 79.9. The van der Waals surface area contributed by atoms with Gasteiger partial charge in [0.2, 0.25) is 0 Å². The molecule has 0 fully saturated rings. The fourth-order valence-electron chi connectivity index (χ4n) is 1.50. The Hall–Kier alpha value is -0.340. The Balaban J connectivity index is 2.77. The second kappa shape index (κ2) is 4.89. The largest absolute Gasteiger partial charge is 0.311 e. The van der Waals surface area contributed by atoms with Crippen LogP contribution in [0.5, 0.6) is 0 Å². The summed E-state index contributed by atoms with van der Waals surface area (Å²) in [6.07, 6.45) is 0. The van der Waals surface area contributed by atoms with Crippen LogP contribution in [-0.2, 0) is 5.41 Å². The van der Waals surface area contributed by atoms with Crippen molar-refractivity contribution in [1.29, 1.82) is 0 Å². The maximum absolute atomic E-state index is 3.56. The summed E-state index contributed by atoms with van der Waals surface area (Å²) in [4.78, 5) is 0. The van der Waals surface area contributed by atoms with Crippen molar-refractivity contribution in [3.8, 4) is 0 Å². The van der Waals surface area contributed by atoms with Crippen molar-refractivity contribution < 1.29 is 0 Å². The minimum Gasteiger partial charge on any atom is -0.311 e. The summed E-state index contributed by atoms with van der Waals surface area (Å²) < 4.78 is 1.15. The van der Waals surface area contributed by atoms with Gasteiger partial charge in [-0.15, -0.1) is 0 Å². The first-order valence-corrected chi connectivity index (χ1v) is 6.51. The van der Waals surface area contributed by atoms with E-state index in [1.165, 1.54) is 5.56 Å². The van der Waals surface area contributed by atoms with Gasteiger partial charge in [0.05, 0.1) is 0 Å². The number of rotatable bonds is 3. The van der Waals surface area contributed by atoms with Gasteiger partial charge in [-0.25, -0.2) is 0 Å². The van der Waals surface area contributed by atoms with E-state index in [-0.39, 0.29) is 11.0 Å². The number of benzene rings is 1. The van der Waals surface area contributed by atoms with Gasteiger partial charge >= 0.3 is 0 Å². The van der Waals surface area contributed by atoms with Gasteiger partial charge in [-0.1, -0.05) is 41.9 Å². The van der Waals surface area contributed by atoms with Gasteiger partial charge in [-0.3, -0.25) is 0 Å². The molecule has 0 aliphatic carbocycles. The molecule has 0 amide bonds. The minimum absolute atomic E-state index is 0.150. The van der Waals surface area contributed by atoms with Crippen molar-refractivity contribution in [1.82, 2.24) is 5.32 Å². The van der Waals surface area contributed by atoms with Gasteiger partial charge in [-0.2, -0.15) is 0 Å². The van der Waals surface area contributed by atoms with E-state index in [0.29, 0.717) is 0 Å². The fourth-order valence-corrected chi connectivity index (χ4v) is 1.90. The molecule has 2 heteroatoms. The molecule has 1 aromatic carbocycles. The lowest BCUT2D eigenvalue weighted by Crippen LogP contribution is -2.43. The summed E-state index contributed by atoms with van der Waals surface area (Å²) in [5, 5.41) is 3.56. The summed E-state index contributed by atoms with van der Waals surface area (Å²) in [7, 11) is 0. The normalized spacial score (nSPS) is 12.9. The maximum Gasteiger partial charge on any atom is 0.0178 e. The van der Waals surface area contributed by atoms with Crippen LogP contribution >= 0.6 is 15.9 Å². The Bertz CT molecular complexity index is 350. The third-order valence-corrected chi connectivity index (χ3v) is 3.16. The Labute approximate surface area is 108 Å². The fraction of sp³-hybridized carbons (Fsp3) is 0.571. The zero-order valence-electron chi connectivity index (χ0n) is 10.9. The van der Waals surface area contributed by atoms with E-state index in [9.17, 15) is 0 Å². The lowest BCUT2D eigenvalue weighted by atomic mass is 9.84. The Morgan fingerprint density at radius 3 is 2.25 bits per heavy atom. The van der Waals surface area contributed by atoms with Crippen LogP contribution in [0.15, 0.2) is 28.7 Å². The van der Waals surface area contributed by atoms with Gasteiger partial charge in [0, 0.05) is 22.0 Å². The average molecular weight is 284 g/mol. The molecule has 1 N–H and O–H groups in total. The van der Waals surface area contributed by atoms with Crippen LogP contribution in [0.25, 0.3) is 0 Å². The standard InChI is InChI=1S/C14H22BrN/c1-13(2,3)16-10-14(4,5)11-7-6-8-12(15)9-11/h6-9,16H,10H2,1-5H3. The lowest BCUT2D eigenvalue weighted by molar-refractivity contribution is 0.363. The number of hydrogen-bond acceptors (Lipinski definition) is 1. The van der Waals surface area contributed by atoms with Crippen LogP contribution in [0.3, 0.4) is 0 Å². The van der Waals surface area contributed by atoms with E-state index < -0.39 is 0 Å². The van der Waals surface area contributed by atoms with Crippen molar-refractivity contribution >= 4 is 15.9 Å². The highest BCUT2D eigenvalue weighted by Crippen LogP contribution is 2.25. The summed E-state index contributed by atoms with van der Waals surface area (Å²) in [5.41, 5.74) is 1.68. The first-order valence-electron chi connectivity index (χ1n) is 5.72. The smallest absolute Gasteiger partial charge is 0.0178 e. The third-order valence-electron chi connectivity index (χ3n) is 2.67. The molecule has 0 radical (unpaired) electrons. The summed E-state index contributed by atoms with van der Waals surface area (Å²) in [6.45, 7) is 12.1. The van der Waals surface area contributed by atoms with E-state index in [1.54, 1.807) is 0 Å². The Kier molecular flexibility index (Phi) is 4.19. The third kappa shape index (κ3) is 4.26. The van der Waals surface area contributed by atoms with Gasteiger partial charge in [0.1, 0.15) is 0 Å². The SMILES string of the molecule is CC(C)(C)NCC(C)(C)c1cccc(Br)c1. The summed E-state index contributed by atoms with van der Waals surface area (Å²) in [6, 6.07) is 8.55. The molecule has 0 saturated heterocycles. The molecule has 0 aliphatic heterocycles. The van der Waals surface area contributed by atoms with Crippen molar-refractivity contribution in [2.24, 2.45) is 0 Å². The van der Waals surface area contributed by atoms with E-state index in [0.717, 1.165) is 11.0 Å². The molecule has 1 nitrogen and oxygen atoms in total. The Morgan fingerprint density at radius 2 is 1.75 bits per heavy atom. The zero-order valence-corrected chi connectivity index (χ0v) is 12.5. The first kappa shape index (κ1) is 13.7. The molecular formula is C14H22BrN. The second-order valence-electron chi connectivity index (χ2n) is 6.00.